The highest BCUT2D eigenvalue weighted by atomic mass is 14.7. The maximum Gasteiger partial charge on any atom is 0.0749 e. The van der Waals surface area contributed by atoms with Gasteiger partial charge in [-0.25, -0.2) is 0 Å². The third-order valence-corrected chi connectivity index (χ3v) is 2.92. The van der Waals surface area contributed by atoms with Gasteiger partial charge in [-0.05, 0) is 23.6 Å². The summed E-state index contributed by atoms with van der Waals surface area (Å²) in [5.74, 6) is 7.36. The zero-order valence-corrected chi connectivity index (χ0v) is 11.5. The third kappa shape index (κ3) is 2.54. The molecule has 92 valence electrons. The Labute approximate surface area is 109 Å². The first kappa shape index (κ1) is 12.6. The van der Waals surface area contributed by atoms with Crippen LogP contribution in [0.15, 0.2) is 30.5 Å². The number of pyridine rings is 1. The van der Waals surface area contributed by atoms with E-state index in [0.717, 1.165) is 16.5 Å². The van der Waals surface area contributed by atoms with Gasteiger partial charge < -0.3 is 0 Å². The molecule has 1 aromatic carbocycles. The molecule has 0 spiro atoms. The van der Waals surface area contributed by atoms with Crippen LogP contribution in [0.25, 0.3) is 10.9 Å². The molecule has 0 saturated carbocycles. The van der Waals surface area contributed by atoms with Gasteiger partial charge in [0.2, 0.25) is 0 Å². The Bertz CT molecular complexity index is 612. The first-order chi connectivity index (χ1) is 8.59. The van der Waals surface area contributed by atoms with Gasteiger partial charge in [0.05, 0.1) is 5.52 Å². The highest BCUT2D eigenvalue weighted by molar-refractivity contribution is 5.88. The topological polar surface area (TPSA) is 12.9 Å². The Morgan fingerprint density at radius 3 is 2.50 bits per heavy atom. The molecule has 0 fully saturated rings. The molecule has 2 aromatic rings. The van der Waals surface area contributed by atoms with Crippen molar-refractivity contribution in [1.82, 2.24) is 4.98 Å². The Kier molecular flexibility index (Phi) is 3.67. The molecular formula is C17H19N. The number of hydrogen-bond acceptors (Lipinski definition) is 1. The van der Waals surface area contributed by atoms with Crippen molar-refractivity contribution in [2.45, 2.75) is 33.6 Å². The minimum Gasteiger partial charge on any atom is -0.256 e. The molecule has 1 nitrogen and oxygen atoms in total. The van der Waals surface area contributed by atoms with Crippen molar-refractivity contribution >= 4 is 10.9 Å². The summed E-state index contributed by atoms with van der Waals surface area (Å²) in [5, 5.41) is 1.16. The first-order valence-electron chi connectivity index (χ1n) is 6.48. The second kappa shape index (κ2) is 5.23. The van der Waals surface area contributed by atoms with Gasteiger partial charge in [0.1, 0.15) is 0 Å². The van der Waals surface area contributed by atoms with Gasteiger partial charge >= 0.3 is 0 Å². The van der Waals surface area contributed by atoms with Gasteiger partial charge in [-0.15, -0.1) is 0 Å². The van der Waals surface area contributed by atoms with Crippen LogP contribution in [-0.2, 0) is 0 Å². The van der Waals surface area contributed by atoms with Crippen LogP contribution in [0.2, 0.25) is 0 Å². The molecule has 0 aliphatic heterocycles. The van der Waals surface area contributed by atoms with Gasteiger partial charge in [0.25, 0.3) is 0 Å². The smallest absolute Gasteiger partial charge is 0.0749 e. The molecule has 0 aliphatic carbocycles. The van der Waals surface area contributed by atoms with Crippen molar-refractivity contribution in [2.75, 3.05) is 0 Å². The van der Waals surface area contributed by atoms with Crippen LogP contribution in [-0.4, -0.2) is 4.98 Å². The van der Waals surface area contributed by atoms with Gasteiger partial charge in [0.15, 0.2) is 0 Å². The fraction of sp³-hybridized carbons (Fsp3) is 0.353. The first-order valence-corrected chi connectivity index (χ1v) is 6.48. The summed E-state index contributed by atoms with van der Waals surface area (Å²) < 4.78 is 0. The van der Waals surface area contributed by atoms with E-state index in [0.29, 0.717) is 11.8 Å². The van der Waals surface area contributed by atoms with Crippen LogP contribution in [0, 0.1) is 17.8 Å². The number of hydrogen-bond donors (Lipinski definition) is 0. The van der Waals surface area contributed by atoms with E-state index < -0.39 is 0 Å². The van der Waals surface area contributed by atoms with E-state index in [9.17, 15) is 0 Å². The van der Waals surface area contributed by atoms with Gasteiger partial charge in [0, 0.05) is 23.1 Å². The van der Waals surface area contributed by atoms with Crippen LogP contribution in [0.1, 0.15) is 44.7 Å². The lowest BCUT2D eigenvalue weighted by atomic mass is 9.96. The zero-order chi connectivity index (χ0) is 13.1. The normalized spacial score (nSPS) is 10.8. The summed E-state index contributed by atoms with van der Waals surface area (Å²) in [6.45, 7) is 8.61. The second-order valence-electron chi connectivity index (χ2n) is 5.18. The van der Waals surface area contributed by atoms with Crippen LogP contribution < -0.4 is 0 Å². The highest BCUT2D eigenvalue weighted by Crippen LogP contribution is 2.25. The largest absolute Gasteiger partial charge is 0.256 e. The Balaban J connectivity index is 2.66. The van der Waals surface area contributed by atoms with Gasteiger partial charge in [-0.1, -0.05) is 51.7 Å². The predicted molar refractivity (Wildman–Crippen MR) is 77.5 cm³/mol. The molecule has 0 N–H and O–H groups in total. The standard InChI is InChI=1S/C17H19N/c1-12(2)7-8-14-9-10-15(13(3)4)17-16(14)6-5-11-18-17/h5-6,9-13H,1-4H3. The molecule has 0 atom stereocenters. The van der Waals surface area contributed by atoms with Gasteiger partial charge in [-0.3, -0.25) is 4.98 Å². The zero-order valence-electron chi connectivity index (χ0n) is 11.5. The van der Waals surface area contributed by atoms with E-state index in [2.05, 4.69) is 62.7 Å². The molecule has 0 aliphatic rings. The summed E-state index contributed by atoms with van der Waals surface area (Å²) in [6, 6.07) is 8.37. The average Bonchev–Trinajstić information content (AvgIpc) is 2.35. The van der Waals surface area contributed by atoms with Crippen molar-refractivity contribution in [3.05, 3.63) is 41.6 Å². The number of benzene rings is 1. The summed E-state index contributed by atoms with van der Waals surface area (Å²) in [5.41, 5.74) is 3.46. The van der Waals surface area contributed by atoms with Crippen LogP contribution in [0.4, 0.5) is 0 Å². The summed E-state index contributed by atoms with van der Waals surface area (Å²) in [4.78, 5) is 4.52. The lowest BCUT2D eigenvalue weighted by Crippen LogP contribution is -1.93. The van der Waals surface area contributed by atoms with Crippen molar-refractivity contribution < 1.29 is 0 Å². The molecule has 18 heavy (non-hydrogen) atoms. The maximum atomic E-state index is 4.52. The Hall–Kier alpha value is -1.81. The van der Waals surface area contributed by atoms with E-state index in [4.69, 9.17) is 0 Å². The molecule has 0 saturated heterocycles. The van der Waals surface area contributed by atoms with Gasteiger partial charge in [-0.2, -0.15) is 0 Å². The van der Waals surface area contributed by atoms with E-state index in [-0.39, 0.29) is 0 Å². The number of nitrogens with zero attached hydrogens (tertiary/aromatic N) is 1. The molecule has 0 radical (unpaired) electrons. The van der Waals surface area contributed by atoms with E-state index in [1.165, 1.54) is 5.56 Å². The number of fused-ring (bicyclic) bond motifs is 1. The number of rotatable bonds is 1. The van der Waals surface area contributed by atoms with Crippen molar-refractivity contribution in [2.24, 2.45) is 5.92 Å². The third-order valence-electron chi connectivity index (χ3n) is 2.92. The second-order valence-corrected chi connectivity index (χ2v) is 5.18. The van der Waals surface area contributed by atoms with Crippen LogP contribution >= 0.6 is 0 Å². The molecule has 0 bridgehead atoms. The monoisotopic (exact) mass is 237 g/mol. The molecule has 1 heterocycles. The molecule has 1 heteroatoms. The van der Waals surface area contributed by atoms with Crippen LogP contribution in [0.3, 0.4) is 0 Å². The molecule has 0 amide bonds. The lowest BCUT2D eigenvalue weighted by Gasteiger charge is -2.10. The maximum absolute atomic E-state index is 4.52. The fourth-order valence-electron chi connectivity index (χ4n) is 1.99. The molecular weight excluding hydrogens is 218 g/mol. The Morgan fingerprint density at radius 1 is 1.06 bits per heavy atom. The summed E-state index contributed by atoms with van der Waals surface area (Å²) >= 11 is 0. The van der Waals surface area contributed by atoms with Crippen molar-refractivity contribution in [3.8, 4) is 11.8 Å². The fourth-order valence-corrected chi connectivity index (χ4v) is 1.99. The predicted octanol–water partition coefficient (Wildman–Crippen LogP) is 4.37. The summed E-state index contributed by atoms with van der Waals surface area (Å²) in [7, 11) is 0. The number of aromatic nitrogens is 1. The highest BCUT2D eigenvalue weighted by Gasteiger charge is 2.08. The summed E-state index contributed by atoms with van der Waals surface area (Å²) in [6.07, 6.45) is 1.86. The van der Waals surface area contributed by atoms with Crippen LogP contribution in [0.5, 0.6) is 0 Å². The van der Waals surface area contributed by atoms with Crippen molar-refractivity contribution in [3.63, 3.8) is 0 Å². The average molecular weight is 237 g/mol. The minimum atomic E-state index is 0.390. The van der Waals surface area contributed by atoms with E-state index >= 15 is 0 Å². The molecule has 1 aromatic heterocycles. The van der Waals surface area contributed by atoms with E-state index in [1.807, 2.05) is 12.3 Å². The SMILES string of the molecule is CC(C)C#Cc1ccc(C(C)C)c2ncccc12. The minimum absolute atomic E-state index is 0.390. The Morgan fingerprint density at radius 2 is 1.83 bits per heavy atom. The van der Waals surface area contributed by atoms with Crippen molar-refractivity contribution in [1.29, 1.82) is 0 Å². The van der Waals surface area contributed by atoms with E-state index in [1.54, 1.807) is 0 Å². The quantitative estimate of drug-likeness (QED) is 0.671. The lowest BCUT2D eigenvalue weighted by molar-refractivity contribution is 0.866. The molecule has 0 unspecified atom stereocenters. The molecule has 2 rings (SSSR count).